The number of unbranched alkanes of at least 4 members (excludes halogenated alkanes) is 18. The number of carbonyl (C=O) groups excluding carboxylic acids is 2. The van der Waals surface area contributed by atoms with Gasteiger partial charge in [-0.05, 0) is 116 Å². The maximum Gasteiger partial charge on any atom is 0.389 e. The van der Waals surface area contributed by atoms with Gasteiger partial charge in [-0.2, -0.15) is 52.7 Å². The minimum atomic E-state index is -4.22. The summed E-state index contributed by atoms with van der Waals surface area (Å²) in [5.74, 6) is -0.735. The maximum atomic E-state index is 12.6. The molecule has 0 bridgehead atoms. The van der Waals surface area contributed by atoms with Gasteiger partial charge in [0.15, 0.2) is 0 Å². The van der Waals surface area contributed by atoms with E-state index in [1.165, 1.54) is 0 Å². The zero-order valence-electron chi connectivity index (χ0n) is 38.1. The van der Waals surface area contributed by atoms with E-state index in [1.54, 1.807) is 0 Å². The molecular formula is C46H79F12NO5. The topological polar surface area (TPSA) is 76.1 Å². The molecule has 0 saturated carbocycles. The summed E-state index contributed by atoms with van der Waals surface area (Å²) in [6.07, 6.45) is -5.89. The van der Waals surface area contributed by atoms with Crippen molar-refractivity contribution in [2.75, 3.05) is 26.2 Å². The summed E-state index contributed by atoms with van der Waals surface area (Å²) in [4.78, 5) is 27.4. The first-order chi connectivity index (χ1) is 30.1. The molecule has 64 heavy (non-hydrogen) atoms. The van der Waals surface area contributed by atoms with E-state index in [0.29, 0.717) is 122 Å². The van der Waals surface area contributed by atoms with Gasteiger partial charge in [0.05, 0.1) is 6.61 Å². The van der Waals surface area contributed by atoms with Gasteiger partial charge in [0, 0.05) is 45.1 Å². The molecule has 18 heteroatoms. The van der Waals surface area contributed by atoms with E-state index in [2.05, 4.69) is 4.90 Å². The molecule has 0 fully saturated rings. The normalized spacial score (nSPS) is 13.7. The Balaban J connectivity index is 4.49. The van der Waals surface area contributed by atoms with Crippen molar-refractivity contribution < 1.29 is 76.9 Å². The predicted octanol–water partition coefficient (Wildman–Crippen LogP) is 15.6. The molecule has 0 rings (SSSR count). The van der Waals surface area contributed by atoms with Crippen LogP contribution < -0.4 is 0 Å². The third kappa shape index (κ3) is 46.5. The van der Waals surface area contributed by atoms with Crippen molar-refractivity contribution in [2.45, 2.75) is 255 Å². The summed E-state index contributed by atoms with van der Waals surface area (Å²) in [5, 5.41) is 9.56. The monoisotopic (exact) mass is 954 g/mol. The van der Waals surface area contributed by atoms with E-state index >= 15 is 0 Å². The van der Waals surface area contributed by atoms with E-state index in [1.807, 2.05) is 0 Å². The average molecular weight is 954 g/mol. The first-order valence-electron chi connectivity index (χ1n) is 24.1. The van der Waals surface area contributed by atoms with Crippen LogP contribution in [-0.2, 0) is 19.1 Å². The molecule has 0 aliphatic heterocycles. The largest absolute Gasteiger partial charge is 0.462 e. The van der Waals surface area contributed by atoms with Gasteiger partial charge in [-0.25, -0.2) is 0 Å². The van der Waals surface area contributed by atoms with E-state index < -0.39 is 62.6 Å². The molecule has 0 amide bonds. The second-order valence-electron chi connectivity index (χ2n) is 17.4. The maximum absolute atomic E-state index is 12.6. The lowest BCUT2D eigenvalue weighted by Crippen LogP contribution is -2.29. The Bertz CT molecular complexity index is 1040. The second-order valence-corrected chi connectivity index (χ2v) is 17.4. The van der Waals surface area contributed by atoms with Crippen LogP contribution in [0.25, 0.3) is 0 Å². The van der Waals surface area contributed by atoms with Crippen LogP contribution in [0.2, 0.25) is 0 Å². The fourth-order valence-electron chi connectivity index (χ4n) is 7.61. The molecule has 0 aromatic carbocycles. The molecular weight excluding hydrogens is 874 g/mol. The molecule has 0 aromatic heterocycles. The van der Waals surface area contributed by atoms with Crippen molar-refractivity contribution in [2.24, 2.45) is 0 Å². The zero-order valence-corrected chi connectivity index (χ0v) is 38.1. The number of carbonyl (C=O) groups is 2. The highest BCUT2D eigenvalue weighted by Crippen LogP contribution is 2.27. The summed E-state index contributed by atoms with van der Waals surface area (Å²) < 4.78 is 161. The van der Waals surface area contributed by atoms with Gasteiger partial charge < -0.3 is 19.5 Å². The highest BCUT2D eigenvalue weighted by Gasteiger charge is 2.28. The number of esters is 2. The van der Waals surface area contributed by atoms with Crippen LogP contribution in [0.4, 0.5) is 52.7 Å². The third-order valence-electron chi connectivity index (χ3n) is 11.2. The van der Waals surface area contributed by atoms with Crippen molar-refractivity contribution in [3.63, 3.8) is 0 Å². The molecule has 382 valence electrons. The lowest BCUT2D eigenvalue weighted by Gasteiger charge is -2.21. The lowest BCUT2D eigenvalue weighted by molar-refractivity contribution is -0.151. The highest BCUT2D eigenvalue weighted by molar-refractivity contribution is 5.69. The number of halogens is 12. The number of hydrogen-bond acceptors (Lipinski definition) is 6. The quantitative estimate of drug-likeness (QED) is 0.0373. The Morgan fingerprint density at radius 2 is 0.609 bits per heavy atom. The molecule has 0 aliphatic carbocycles. The van der Waals surface area contributed by atoms with E-state index in [-0.39, 0.29) is 57.1 Å². The van der Waals surface area contributed by atoms with Crippen molar-refractivity contribution in [3.8, 4) is 0 Å². The van der Waals surface area contributed by atoms with Crippen LogP contribution in [0.5, 0.6) is 0 Å². The van der Waals surface area contributed by atoms with Gasteiger partial charge in [0.2, 0.25) is 0 Å². The number of alkyl halides is 12. The third-order valence-corrected chi connectivity index (χ3v) is 11.2. The van der Waals surface area contributed by atoms with Crippen molar-refractivity contribution in [1.29, 1.82) is 0 Å². The average Bonchev–Trinajstić information content (AvgIpc) is 3.17. The molecule has 6 nitrogen and oxygen atoms in total. The van der Waals surface area contributed by atoms with Crippen LogP contribution in [0.15, 0.2) is 0 Å². The molecule has 0 saturated heterocycles. The van der Waals surface area contributed by atoms with Gasteiger partial charge in [-0.15, -0.1) is 0 Å². The van der Waals surface area contributed by atoms with E-state index in [9.17, 15) is 67.4 Å². The van der Waals surface area contributed by atoms with Crippen LogP contribution >= 0.6 is 0 Å². The van der Waals surface area contributed by atoms with Gasteiger partial charge in [0.25, 0.3) is 0 Å². The molecule has 0 aliphatic rings. The zero-order chi connectivity index (χ0) is 48.2. The highest BCUT2D eigenvalue weighted by atomic mass is 19.4. The second kappa shape index (κ2) is 37.1. The Kier molecular flexibility index (Phi) is 35.9. The molecule has 0 heterocycles. The first kappa shape index (κ1) is 62.0. The van der Waals surface area contributed by atoms with Gasteiger partial charge >= 0.3 is 36.6 Å². The van der Waals surface area contributed by atoms with Crippen molar-refractivity contribution in [1.82, 2.24) is 4.90 Å². The van der Waals surface area contributed by atoms with Crippen molar-refractivity contribution >= 4 is 11.9 Å². The number of aliphatic hydroxyl groups is 1. The summed E-state index contributed by atoms with van der Waals surface area (Å²) >= 11 is 0. The van der Waals surface area contributed by atoms with Crippen molar-refractivity contribution in [3.05, 3.63) is 0 Å². The minimum Gasteiger partial charge on any atom is -0.462 e. The summed E-state index contributed by atoms with van der Waals surface area (Å²) in [7, 11) is 0. The summed E-state index contributed by atoms with van der Waals surface area (Å²) in [6.45, 7) is 2.03. The standard InChI is InChI=1S/C46H79F12NO5/c47-43(48,49)31-19-7-1-3-13-25-39(27-15-11-21-33-45(53,54)55)63-41(61)29-17-5-9-23-35-59(37-38-60)36-24-10-6-18-30-42(62)64-40(28-16-12-22-34-46(56,57)58)26-14-4-2-8-20-32-44(50,51)52/h39-40,60H,1-38H2. The first-order valence-corrected chi connectivity index (χ1v) is 24.1. The van der Waals surface area contributed by atoms with Gasteiger partial charge in [-0.1, -0.05) is 77.0 Å². The Morgan fingerprint density at radius 1 is 0.359 bits per heavy atom. The van der Waals surface area contributed by atoms with Crippen LogP contribution in [0, 0.1) is 0 Å². The van der Waals surface area contributed by atoms with Gasteiger partial charge in [-0.3, -0.25) is 9.59 Å². The number of hydrogen-bond donors (Lipinski definition) is 1. The molecule has 0 radical (unpaired) electrons. The fraction of sp³-hybridized carbons (Fsp3) is 0.957. The van der Waals surface area contributed by atoms with Crippen LogP contribution in [0.3, 0.4) is 0 Å². The predicted molar refractivity (Wildman–Crippen MR) is 224 cm³/mol. The summed E-state index contributed by atoms with van der Waals surface area (Å²) in [5.41, 5.74) is 0. The van der Waals surface area contributed by atoms with Gasteiger partial charge in [0.1, 0.15) is 12.2 Å². The smallest absolute Gasteiger partial charge is 0.389 e. The Morgan fingerprint density at radius 3 is 0.906 bits per heavy atom. The fourth-order valence-corrected chi connectivity index (χ4v) is 7.61. The summed E-state index contributed by atoms with van der Waals surface area (Å²) in [6, 6.07) is 0. The molecule has 0 spiro atoms. The molecule has 0 aromatic rings. The number of aliphatic hydroxyl groups excluding tert-OH is 1. The van der Waals surface area contributed by atoms with Crippen LogP contribution in [-0.4, -0.2) is 85.1 Å². The SMILES string of the molecule is O=C(CCCCCCN(CCO)CCCCCCC(=O)OC(CCCCCCCC(F)(F)F)CCCCCC(F)(F)F)OC(CCCCCCCC(F)(F)F)CCCCCC(F)(F)F. The minimum absolute atomic E-state index is 0.000784. The van der Waals surface area contributed by atoms with E-state index in [4.69, 9.17) is 9.47 Å². The molecule has 1 N–H and O–H groups in total. The van der Waals surface area contributed by atoms with Crippen LogP contribution in [0.1, 0.15) is 218 Å². The molecule has 2 unspecified atom stereocenters. The molecule has 2 atom stereocenters. The number of ether oxygens (including phenoxy) is 2. The Hall–Kier alpha value is -1.98. The lowest BCUT2D eigenvalue weighted by atomic mass is 10.0. The number of nitrogens with zero attached hydrogens (tertiary/aromatic N) is 1. The Labute approximate surface area is 374 Å². The number of rotatable bonds is 42. The van der Waals surface area contributed by atoms with E-state index in [0.717, 1.165) is 51.6 Å².